The van der Waals surface area contributed by atoms with Gasteiger partial charge in [-0.2, -0.15) is 0 Å². The van der Waals surface area contributed by atoms with Crippen LogP contribution < -0.4 is 0 Å². The minimum atomic E-state index is 0.897. The van der Waals surface area contributed by atoms with Gasteiger partial charge in [-0.3, -0.25) is 0 Å². The third kappa shape index (κ3) is 2.70. The van der Waals surface area contributed by atoms with Gasteiger partial charge in [0, 0.05) is 5.56 Å². The molecule has 1 nitrogen and oxygen atoms in total. The minimum Gasteiger partial charge on any atom is -0.457 e. The Balaban J connectivity index is 2.32. The molecule has 1 aromatic rings. The fraction of sp³-hybridized carbons (Fsp3) is 0.556. The predicted octanol–water partition coefficient (Wildman–Crippen LogP) is 3.77. The molecular weight excluding hydrogens is 204 g/mol. The van der Waals surface area contributed by atoms with E-state index in [0.29, 0.717) is 0 Å². The minimum absolute atomic E-state index is 0.897. The second-order valence-electron chi connectivity index (χ2n) is 2.68. The standard InChI is InChI=1S/C9H13BrO/c1-2-3-4-5-8-6-7-11-9(8)10/h6-7H,2-5H2,1H3. The lowest BCUT2D eigenvalue weighted by molar-refractivity contribution is 0.535. The van der Waals surface area contributed by atoms with E-state index in [-0.39, 0.29) is 0 Å². The first kappa shape index (κ1) is 8.85. The average molecular weight is 217 g/mol. The summed E-state index contributed by atoms with van der Waals surface area (Å²) < 4.78 is 6.01. The topological polar surface area (TPSA) is 13.1 Å². The van der Waals surface area contributed by atoms with Crippen molar-refractivity contribution in [1.82, 2.24) is 0 Å². The number of furan rings is 1. The van der Waals surface area contributed by atoms with E-state index in [1.807, 2.05) is 6.07 Å². The number of unbranched alkanes of at least 4 members (excludes halogenated alkanes) is 2. The molecule has 0 aliphatic heterocycles. The Bertz CT molecular complexity index is 205. The summed E-state index contributed by atoms with van der Waals surface area (Å²) in [5.74, 6) is 0. The molecule has 0 spiro atoms. The fourth-order valence-corrected chi connectivity index (χ4v) is 1.50. The monoisotopic (exact) mass is 216 g/mol. The molecule has 0 saturated heterocycles. The summed E-state index contributed by atoms with van der Waals surface area (Å²) in [5, 5.41) is 0. The molecule has 11 heavy (non-hydrogen) atoms. The van der Waals surface area contributed by atoms with Crippen molar-refractivity contribution in [3.05, 3.63) is 22.6 Å². The second-order valence-corrected chi connectivity index (χ2v) is 3.40. The van der Waals surface area contributed by atoms with Crippen LogP contribution in [0.25, 0.3) is 0 Å². The van der Waals surface area contributed by atoms with Gasteiger partial charge in [0.15, 0.2) is 4.67 Å². The molecule has 0 aromatic carbocycles. The van der Waals surface area contributed by atoms with Crippen molar-refractivity contribution in [2.45, 2.75) is 32.6 Å². The maximum Gasteiger partial charge on any atom is 0.172 e. The van der Waals surface area contributed by atoms with Gasteiger partial charge >= 0.3 is 0 Å². The molecule has 1 aromatic heterocycles. The summed E-state index contributed by atoms with van der Waals surface area (Å²) in [6.07, 6.45) is 6.69. The van der Waals surface area contributed by atoms with Crippen LogP contribution >= 0.6 is 15.9 Å². The summed E-state index contributed by atoms with van der Waals surface area (Å²) in [6.45, 7) is 2.21. The first-order valence-corrected chi connectivity index (χ1v) is 4.85. The lowest BCUT2D eigenvalue weighted by Gasteiger charge is -1.95. The molecule has 0 fully saturated rings. The van der Waals surface area contributed by atoms with E-state index < -0.39 is 0 Å². The van der Waals surface area contributed by atoms with Crippen molar-refractivity contribution in [2.75, 3.05) is 0 Å². The lowest BCUT2D eigenvalue weighted by Crippen LogP contribution is -1.82. The zero-order valence-electron chi connectivity index (χ0n) is 6.77. The van der Waals surface area contributed by atoms with Gasteiger partial charge in [-0.1, -0.05) is 19.8 Å². The first-order valence-electron chi connectivity index (χ1n) is 4.06. The van der Waals surface area contributed by atoms with Crippen molar-refractivity contribution in [3.63, 3.8) is 0 Å². The summed E-state index contributed by atoms with van der Waals surface area (Å²) in [5.41, 5.74) is 1.29. The molecule has 0 amide bonds. The van der Waals surface area contributed by atoms with E-state index >= 15 is 0 Å². The van der Waals surface area contributed by atoms with Gasteiger partial charge in [0.05, 0.1) is 6.26 Å². The molecule has 2 heteroatoms. The van der Waals surface area contributed by atoms with Crippen molar-refractivity contribution in [3.8, 4) is 0 Å². The van der Waals surface area contributed by atoms with Crippen LogP contribution in [0.5, 0.6) is 0 Å². The third-order valence-electron chi connectivity index (χ3n) is 1.74. The molecule has 1 heterocycles. The van der Waals surface area contributed by atoms with Crippen molar-refractivity contribution < 1.29 is 4.42 Å². The predicted molar refractivity (Wildman–Crippen MR) is 49.6 cm³/mol. The van der Waals surface area contributed by atoms with Crippen LogP contribution in [-0.2, 0) is 6.42 Å². The molecule has 0 saturated carbocycles. The Kier molecular flexibility index (Phi) is 3.70. The molecule has 0 aliphatic carbocycles. The third-order valence-corrected chi connectivity index (χ3v) is 2.44. The zero-order valence-corrected chi connectivity index (χ0v) is 8.36. The normalized spacial score (nSPS) is 10.4. The Morgan fingerprint density at radius 2 is 2.27 bits per heavy atom. The molecule has 0 unspecified atom stereocenters. The summed E-state index contributed by atoms with van der Waals surface area (Å²) in [6, 6.07) is 2.03. The fourth-order valence-electron chi connectivity index (χ4n) is 1.06. The highest BCUT2D eigenvalue weighted by molar-refractivity contribution is 9.10. The number of halogens is 1. The number of rotatable bonds is 4. The zero-order chi connectivity index (χ0) is 8.10. The number of hydrogen-bond donors (Lipinski definition) is 0. The molecule has 0 aliphatic rings. The maximum absolute atomic E-state index is 5.11. The molecule has 1 rings (SSSR count). The molecular formula is C9H13BrO. The van der Waals surface area contributed by atoms with Crippen LogP contribution in [0, 0.1) is 0 Å². The Morgan fingerprint density at radius 3 is 2.82 bits per heavy atom. The van der Waals surface area contributed by atoms with Crippen LogP contribution in [-0.4, -0.2) is 0 Å². The van der Waals surface area contributed by atoms with Crippen LogP contribution in [0.2, 0.25) is 0 Å². The molecule has 0 N–H and O–H groups in total. The van der Waals surface area contributed by atoms with Gasteiger partial charge in [-0.05, 0) is 34.8 Å². The highest BCUT2D eigenvalue weighted by Gasteiger charge is 2.00. The highest BCUT2D eigenvalue weighted by Crippen LogP contribution is 2.19. The largest absolute Gasteiger partial charge is 0.457 e. The SMILES string of the molecule is CCCCCc1ccoc1Br. The summed E-state index contributed by atoms with van der Waals surface area (Å²) >= 11 is 3.35. The summed E-state index contributed by atoms with van der Waals surface area (Å²) in [4.78, 5) is 0. The Morgan fingerprint density at radius 1 is 1.45 bits per heavy atom. The lowest BCUT2D eigenvalue weighted by atomic mass is 10.1. The number of hydrogen-bond acceptors (Lipinski definition) is 1. The molecule has 62 valence electrons. The summed E-state index contributed by atoms with van der Waals surface area (Å²) in [7, 11) is 0. The molecule has 0 bridgehead atoms. The van der Waals surface area contributed by atoms with E-state index in [1.165, 1.54) is 24.8 Å². The van der Waals surface area contributed by atoms with Gasteiger partial charge < -0.3 is 4.42 Å². The van der Waals surface area contributed by atoms with E-state index in [4.69, 9.17) is 4.42 Å². The van der Waals surface area contributed by atoms with Crippen LogP contribution in [0.3, 0.4) is 0 Å². The van der Waals surface area contributed by atoms with E-state index in [0.717, 1.165) is 11.1 Å². The first-order chi connectivity index (χ1) is 5.34. The van der Waals surface area contributed by atoms with Gasteiger partial charge in [0.1, 0.15) is 0 Å². The second kappa shape index (κ2) is 4.60. The van der Waals surface area contributed by atoms with Crippen molar-refractivity contribution in [2.24, 2.45) is 0 Å². The molecule has 0 atom stereocenters. The van der Waals surface area contributed by atoms with Crippen LogP contribution in [0.15, 0.2) is 21.4 Å². The Labute approximate surface area is 75.9 Å². The van der Waals surface area contributed by atoms with Crippen LogP contribution in [0.1, 0.15) is 31.7 Å². The van der Waals surface area contributed by atoms with E-state index in [1.54, 1.807) is 6.26 Å². The van der Waals surface area contributed by atoms with E-state index in [2.05, 4.69) is 22.9 Å². The van der Waals surface area contributed by atoms with Gasteiger partial charge in [0.25, 0.3) is 0 Å². The maximum atomic E-state index is 5.11. The van der Waals surface area contributed by atoms with E-state index in [9.17, 15) is 0 Å². The van der Waals surface area contributed by atoms with Gasteiger partial charge in [-0.15, -0.1) is 0 Å². The average Bonchev–Trinajstić information content (AvgIpc) is 2.37. The van der Waals surface area contributed by atoms with Crippen molar-refractivity contribution in [1.29, 1.82) is 0 Å². The number of aryl methyl sites for hydroxylation is 1. The highest BCUT2D eigenvalue weighted by atomic mass is 79.9. The molecule has 0 radical (unpaired) electrons. The van der Waals surface area contributed by atoms with Crippen LogP contribution in [0.4, 0.5) is 0 Å². The quantitative estimate of drug-likeness (QED) is 0.699. The smallest absolute Gasteiger partial charge is 0.172 e. The van der Waals surface area contributed by atoms with Gasteiger partial charge in [-0.25, -0.2) is 0 Å². The van der Waals surface area contributed by atoms with Gasteiger partial charge in [0.2, 0.25) is 0 Å². The Hall–Kier alpha value is -0.240. The van der Waals surface area contributed by atoms with Crippen molar-refractivity contribution >= 4 is 15.9 Å².